The Morgan fingerprint density at radius 3 is 2.59 bits per heavy atom. The van der Waals surface area contributed by atoms with Crippen LogP contribution in [0.1, 0.15) is 6.92 Å². The molecule has 0 aliphatic carbocycles. The number of rotatable bonds is 6. The van der Waals surface area contributed by atoms with Gasteiger partial charge in [-0.05, 0) is 37.4 Å². The number of carbonyl (C=O) groups is 1. The number of para-hydroxylation sites is 1. The van der Waals surface area contributed by atoms with Crippen molar-refractivity contribution >= 4 is 46.7 Å². The SMILES string of the molecule is CSc1ccccc1NC(=O)C(C)Sc1nnc(-c2ccccc2Cl)n1C. The van der Waals surface area contributed by atoms with Crippen molar-refractivity contribution in [3.63, 3.8) is 0 Å². The molecule has 1 N–H and O–H groups in total. The summed E-state index contributed by atoms with van der Waals surface area (Å²) in [5, 5.41) is 12.4. The second-order valence-electron chi connectivity index (χ2n) is 5.79. The lowest BCUT2D eigenvalue weighted by Gasteiger charge is -2.13. The maximum absolute atomic E-state index is 12.6. The molecule has 3 aromatic rings. The van der Waals surface area contributed by atoms with E-state index in [2.05, 4.69) is 15.5 Å². The number of thioether (sulfide) groups is 2. The van der Waals surface area contributed by atoms with Gasteiger partial charge < -0.3 is 9.88 Å². The molecule has 1 atom stereocenters. The predicted octanol–water partition coefficient (Wildman–Crippen LogP) is 4.98. The summed E-state index contributed by atoms with van der Waals surface area (Å²) in [7, 11) is 1.87. The molecule has 1 aromatic heterocycles. The average Bonchev–Trinajstić information content (AvgIpc) is 3.03. The molecule has 1 amide bonds. The lowest BCUT2D eigenvalue weighted by Crippen LogP contribution is -2.23. The van der Waals surface area contributed by atoms with E-state index < -0.39 is 0 Å². The van der Waals surface area contributed by atoms with Crippen LogP contribution in [0.25, 0.3) is 11.4 Å². The van der Waals surface area contributed by atoms with E-state index in [1.54, 1.807) is 11.8 Å². The van der Waals surface area contributed by atoms with Crippen molar-refractivity contribution < 1.29 is 4.79 Å². The van der Waals surface area contributed by atoms with E-state index in [4.69, 9.17) is 11.6 Å². The van der Waals surface area contributed by atoms with Crippen LogP contribution in [0.4, 0.5) is 5.69 Å². The summed E-state index contributed by atoms with van der Waals surface area (Å²) < 4.78 is 1.85. The van der Waals surface area contributed by atoms with E-state index in [0.717, 1.165) is 16.1 Å². The second kappa shape index (κ2) is 8.82. The number of hydrogen-bond donors (Lipinski definition) is 1. The highest BCUT2D eigenvalue weighted by Crippen LogP contribution is 2.30. The molecule has 2 aromatic carbocycles. The summed E-state index contributed by atoms with van der Waals surface area (Å²) in [5.74, 6) is 0.590. The van der Waals surface area contributed by atoms with Gasteiger partial charge in [-0.1, -0.05) is 47.6 Å². The summed E-state index contributed by atoms with van der Waals surface area (Å²) in [4.78, 5) is 13.6. The molecule has 0 saturated heterocycles. The molecule has 1 unspecified atom stereocenters. The van der Waals surface area contributed by atoms with Gasteiger partial charge in [0.05, 0.1) is 16.0 Å². The Hall–Kier alpha value is -1.96. The van der Waals surface area contributed by atoms with E-state index in [0.29, 0.717) is 16.0 Å². The van der Waals surface area contributed by atoms with Crippen LogP contribution in [0.15, 0.2) is 58.6 Å². The van der Waals surface area contributed by atoms with E-state index in [9.17, 15) is 4.79 Å². The first-order valence-corrected chi connectivity index (χ1v) is 10.7. The quantitative estimate of drug-likeness (QED) is 0.572. The molecular formula is C19H19ClN4OS2. The monoisotopic (exact) mass is 418 g/mol. The van der Waals surface area contributed by atoms with Gasteiger partial charge in [0, 0.05) is 17.5 Å². The molecule has 0 radical (unpaired) electrons. The Labute approximate surface area is 171 Å². The molecule has 0 aliphatic heterocycles. The number of hydrogen-bond acceptors (Lipinski definition) is 5. The highest BCUT2D eigenvalue weighted by molar-refractivity contribution is 8.00. The number of anilines is 1. The maximum Gasteiger partial charge on any atom is 0.237 e. The van der Waals surface area contributed by atoms with Gasteiger partial charge in [-0.2, -0.15) is 0 Å². The van der Waals surface area contributed by atoms with Gasteiger partial charge in [-0.15, -0.1) is 22.0 Å². The molecule has 3 rings (SSSR count). The minimum absolute atomic E-state index is 0.0798. The molecule has 8 heteroatoms. The summed E-state index contributed by atoms with van der Waals surface area (Å²) in [6.07, 6.45) is 1.99. The van der Waals surface area contributed by atoms with E-state index in [1.165, 1.54) is 11.8 Å². The molecule has 0 bridgehead atoms. The summed E-state index contributed by atoms with van der Waals surface area (Å²) >= 11 is 9.22. The number of aromatic nitrogens is 3. The Morgan fingerprint density at radius 2 is 1.85 bits per heavy atom. The van der Waals surface area contributed by atoms with Crippen LogP contribution >= 0.6 is 35.1 Å². The minimum Gasteiger partial charge on any atom is -0.324 e. The third kappa shape index (κ3) is 4.48. The normalized spacial score (nSPS) is 12.0. The first-order chi connectivity index (χ1) is 13.0. The van der Waals surface area contributed by atoms with Gasteiger partial charge in [-0.3, -0.25) is 4.79 Å². The van der Waals surface area contributed by atoms with Crippen molar-refractivity contribution in [2.75, 3.05) is 11.6 Å². The Bertz CT molecular complexity index is 960. The summed E-state index contributed by atoms with van der Waals surface area (Å²) in [6.45, 7) is 1.85. The van der Waals surface area contributed by atoms with Gasteiger partial charge in [0.15, 0.2) is 11.0 Å². The molecule has 5 nitrogen and oxygen atoms in total. The van der Waals surface area contributed by atoms with E-state index in [1.807, 2.05) is 73.3 Å². The van der Waals surface area contributed by atoms with Gasteiger partial charge in [0.1, 0.15) is 0 Å². The molecule has 140 valence electrons. The lowest BCUT2D eigenvalue weighted by molar-refractivity contribution is -0.115. The fourth-order valence-corrected chi connectivity index (χ4v) is 4.08. The molecule has 0 spiro atoms. The first kappa shape index (κ1) is 19.8. The molecule has 0 aliphatic rings. The number of nitrogens with one attached hydrogen (secondary N) is 1. The highest BCUT2D eigenvalue weighted by atomic mass is 35.5. The highest BCUT2D eigenvalue weighted by Gasteiger charge is 2.20. The zero-order valence-corrected chi connectivity index (χ0v) is 17.5. The third-order valence-corrected chi connectivity index (χ3v) is 6.23. The number of carbonyl (C=O) groups excluding carboxylic acids is 1. The van der Waals surface area contributed by atoms with Crippen LogP contribution in [0.2, 0.25) is 5.02 Å². The number of halogens is 1. The number of nitrogens with zero attached hydrogens (tertiary/aromatic N) is 3. The number of benzene rings is 2. The van der Waals surface area contributed by atoms with Crippen LogP contribution in [-0.4, -0.2) is 32.2 Å². The molecule has 27 heavy (non-hydrogen) atoms. The fraction of sp³-hybridized carbons (Fsp3) is 0.211. The molecule has 0 fully saturated rings. The zero-order chi connectivity index (χ0) is 19.4. The Kier molecular flexibility index (Phi) is 6.46. The standard InChI is InChI=1S/C19H19ClN4OS2/c1-12(18(25)21-15-10-6-7-11-16(15)26-3)27-19-23-22-17(24(19)2)13-8-4-5-9-14(13)20/h4-12H,1-3H3,(H,21,25). The largest absolute Gasteiger partial charge is 0.324 e. The number of amides is 1. The summed E-state index contributed by atoms with van der Waals surface area (Å²) in [5.41, 5.74) is 1.63. The van der Waals surface area contributed by atoms with Gasteiger partial charge >= 0.3 is 0 Å². The van der Waals surface area contributed by atoms with Crippen molar-refractivity contribution in [2.45, 2.75) is 22.2 Å². The van der Waals surface area contributed by atoms with Crippen molar-refractivity contribution in [1.82, 2.24) is 14.8 Å². The molecular weight excluding hydrogens is 400 g/mol. The van der Waals surface area contributed by atoms with E-state index in [-0.39, 0.29) is 11.2 Å². The Morgan fingerprint density at radius 1 is 1.15 bits per heavy atom. The maximum atomic E-state index is 12.6. The van der Waals surface area contributed by atoms with Gasteiger partial charge in [-0.25, -0.2) is 0 Å². The average molecular weight is 419 g/mol. The van der Waals surface area contributed by atoms with Crippen LogP contribution in [0.5, 0.6) is 0 Å². The van der Waals surface area contributed by atoms with Crippen LogP contribution in [-0.2, 0) is 11.8 Å². The van der Waals surface area contributed by atoms with Crippen LogP contribution < -0.4 is 5.32 Å². The van der Waals surface area contributed by atoms with Crippen molar-refractivity contribution in [2.24, 2.45) is 7.05 Å². The lowest BCUT2D eigenvalue weighted by atomic mass is 10.2. The van der Waals surface area contributed by atoms with Crippen molar-refractivity contribution in [3.05, 3.63) is 53.6 Å². The molecule has 1 heterocycles. The smallest absolute Gasteiger partial charge is 0.237 e. The van der Waals surface area contributed by atoms with Crippen molar-refractivity contribution in [3.8, 4) is 11.4 Å². The minimum atomic E-state index is -0.332. The Balaban J connectivity index is 1.74. The fourth-order valence-electron chi connectivity index (χ4n) is 2.49. The van der Waals surface area contributed by atoms with Gasteiger partial charge in [0.25, 0.3) is 0 Å². The van der Waals surface area contributed by atoms with Crippen molar-refractivity contribution in [1.29, 1.82) is 0 Å². The van der Waals surface area contributed by atoms with Crippen LogP contribution in [0.3, 0.4) is 0 Å². The topological polar surface area (TPSA) is 59.8 Å². The first-order valence-electron chi connectivity index (χ1n) is 8.26. The zero-order valence-electron chi connectivity index (χ0n) is 15.1. The van der Waals surface area contributed by atoms with Crippen LogP contribution in [0, 0.1) is 0 Å². The second-order valence-corrected chi connectivity index (χ2v) is 8.36. The summed E-state index contributed by atoms with van der Waals surface area (Å²) in [6, 6.07) is 15.2. The van der Waals surface area contributed by atoms with E-state index >= 15 is 0 Å². The third-order valence-electron chi connectivity index (χ3n) is 3.97. The van der Waals surface area contributed by atoms with Gasteiger partial charge in [0.2, 0.25) is 5.91 Å². The predicted molar refractivity (Wildman–Crippen MR) is 114 cm³/mol. The molecule has 0 saturated carbocycles.